The molecule has 2 atom stereocenters. The lowest BCUT2D eigenvalue weighted by Gasteiger charge is -2.25. The van der Waals surface area contributed by atoms with Crippen molar-refractivity contribution in [3.63, 3.8) is 0 Å². The van der Waals surface area contributed by atoms with Gasteiger partial charge in [0.1, 0.15) is 5.72 Å². The first kappa shape index (κ1) is 20.6. The summed E-state index contributed by atoms with van der Waals surface area (Å²) in [7, 11) is 0. The molecule has 0 aliphatic rings. The fourth-order valence-electron chi connectivity index (χ4n) is 2.54. The van der Waals surface area contributed by atoms with Crippen molar-refractivity contribution in [2.24, 2.45) is 11.8 Å². The fourth-order valence-corrected chi connectivity index (χ4v) is 2.54. The Morgan fingerprint density at radius 2 is 1.79 bits per heavy atom. The Kier molecular flexibility index (Phi) is 8.39. The van der Waals surface area contributed by atoms with Gasteiger partial charge in [-0.2, -0.15) is 0 Å². The van der Waals surface area contributed by atoms with Crippen molar-refractivity contribution in [1.29, 1.82) is 0 Å². The van der Waals surface area contributed by atoms with E-state index < -0.39 is 17.7 Å². The van der Waals surface area contributed by atoms with Gasteiger partial charge in [-0.15, -0.1) is 0 Å². The smallest absolute Gasteiger partial charge is 0.225 e. The van der Waals surface area contributed by atoms with Crippen LogP contribution in [0.25, 0.3) is 0 Å². The number of nitrogens with one attached hydrogen (secondary N) is 2. The van der Waals surface area contributed by atoms with Gasteiger partial charge in [-0.05, 0) is 44.7 Å². The van der Waals surface area contributed by atoms with E-state index in [0.29, 0.717) is 25.3 Å². The fraction of sp³-hybridized carbons (Fsp3) is 0.632. The zero-order valence-electron chi connectivity index (χ0n) is 15.2. The van der Waals surface area contributed by atoms with Crippen LogP contribution in [0.1, 0.15) is 39.7 Å². The minimum atomic E-state index is -1.27. The molecule has 0 aromatic heterocycles. The number of carbonyl (C=O) groups excluding carboxylic acids is 1. The minimum Gasteiger partial charge on any atom is -0.392 e. The molecule has 0 fully saturated rings. The quantitative estimate of drug-likeness (QED) is 0.490. The maximum atomic E-state index is 12.5. The molecule has 0 radical (unpaired) electrons. The molecule has 4 N–H and O–H groups in total. The average molecular weight is 336 g/mol. The van der Waals surface area contributed by atoms with Gasteiger partial charge in [0.2, 0.25) is 5.91 Å². The summed E-state index contributed by atoms with van der Waals surface area (Å²) < 4.78 is 0. The third kappa shape index (κ3) is 9.01. The number of carbonyl (C=O) groups is 1. The zero-order chi connectivity index (χ0) is 18.2. The number of rotatable bonds is 10. The number of amides is 1. The Hall–Kier alpha value is -1.43. The molecule has 5 nitrogen and oxygen atoms in total. The van der Waals surface area contributed by atoms with E-state index in [4.69, 9.17) is 0 Å². The third-order valence-corrected chi connectivity index (χ3v) is 3.61. The standard InChI is InChI=1S/C19H32N2O3/c1-14(2)12-20-13-17(22)11-16(18(23)21-19(3,4)24)10-15-8-6-5-7-9-15/h5-9,14,16-17,20,22,24H,10-13H2,1-4H3,(H,21,23)/t16-,17+/m1/s1. The first-order valence-electron chi connectivity index (χ1n) is 8.64. The Balaban J connectivity index is 2.68. The van der Waals surface area contributed by atoms with Crippen LogP contribution in [0.15, 0.2) is 30.3 Å². The van der Waals surface area contributed by atoms with Crippen LogP contribution in [-0.4, -0.2) is 41.0 Å². The summed E-state index contributed by atoms with van der Waals surface area (Å²) in [5.41, 5.74) is -0.233. The Morgan fingerprint density at radius 3 is 2.33 bits per heavy atom. The predicted octanol–water partition coefficient (Wildman–Crippen LogP) is 1.69. The Labute approximate surface area is 145 Å². The van der Waals surface area contributed by atoms with E-state index in [2.05, 4.69) is 24.5 Å². The van der Waals surface area contributed by atoms with Crippen molar-refractivity contribution in [2.45, 2.75) is 52.4 Å². The summed E-state index contributed by atoms with van der Waals surface area (Å²) in [5, 5.41) is 25.9. The summed E-state index contributed by atoms with van der Waals surface area (Å²) in [4.78, 5) is 12.5. The summed E-state index contributed by atoms with van der Waals surface area (Å²) >= 11 is 0. The second-order valence-corrected chi connectivity index (χ2v) is 7.38. The Morgan fingerprint density at radius 1 is 1.17 bits per heavy atom. The van der Waals surface area contributed by atoms with Crippen molar-refractivity contribution in [2.75, 3.05) is 13.1 Å². The molecule has 136 valence electrons. The minimum absolute atomic E-state index is 0.241. The van der Waals surface area contributed by atoms with E-state index in [-0.39, 0.29) is 5.91 Å². The van der Waals surface area contributed by atoms with Gasteiger partial charge < -0.3 is 20.8 Å². The van der Waals surface area contributed by atoms with E-state index in [0.717, 1.165) is 12.1 Å². The summed E-state index contributed by atoms with van der Waals surface area (Å²) in [6, 6.07) is 9.73. The largest absolute Gasteiger partial charge is 0.392 e. The average Bonchev–Trinajstić information content (AvgIpc) is 2.45. The van der Waals surface area contributed by atoms with Crippen LogP contribution >= 0.6 is 0 Å². The number of benzene rings is 1. The van der Waals surface area contributed by atoms with Gasteiger partial charge in [-0.3, -0.25) is 4.79 Å². The molecule has 0 spiro atoms. The molecule has 0 unspecified atom stereocenters. The third-order valence-electron chi connectivity index (χ3n) is 3.61. The highest BCUT2D eigenvalue weighted by molar-refractivity contribution is 5.79. The summed E-state index contributed by atoms with van der Waals surface area (Å²) in [6.45, 7) is 8.56. The lowest BCUT2D eigenvalue weighted by Crippen LogP contribution is -2.47. The van der Waals surface area contributed by atoms with Crippen LogP contribution in [0.2, 0.25) is 0 Å². The van der Waals surface area contributed by atoms with Crippen molar-refractivity contribution in [3.05, 3.63) is 35.9 Å². The monoisotopic (exact) mass is 336 g/mol. The van der Waals surface area contributed by atoms with Gasteiger partial charge in [0.05, 0.1) is 6.10 Å². The van der Waals surface area contributed by atoms with Crippen molar-refractivity contribution in [3.8, 4) is 0 Å². The molecular weight excluding hydrogens is 304 g/mol. The van der Waals surface area contributed by atoms with Crippen LogP contribution in [0.4, 0.5) is 0 Å². The van der Waals surface area contributed by atoms with Gasteiger partial charge in [0.25, 0.3) is 0 Å². The van der Waals surface area contributed by atoms with Crippen LogP contribution in [0.5, 0.6) is 0 Å². The molecule has 0 bridgehead atoms. The summed E-state index contributed by atoms with van der Waals surface area (Å²) in [6.07, 6.45) is 0.274. The lowest BCUT2D eigenvalue weighted by atomic mass is 9.92. The van der Waals surface area contributed by atoms with Crippen LogP contribution in [0, 0.1) is 11.8 Å². The highest BCUT2D eigenvalue weighted by Gasteiger charge is 2.26. The molecule has 24 heavy (non-hydrogen) atoms. The first-order valence-corrected chi connectivity index (χ1v) is 8.64. The van der Waals surface area contributed by atoms with Crippen LogP contribution in [0.3, 0.4) is 0 Å². The molecule has 0 saturated heterocycles. The van der Waals surface area contributed by atoms with Gasteiger partial charge in [-0.25, -0.2) is 0 Å². The highest BCUT2D eigenvalue weighted by atomic mass is 16.3. The summed E-state index contributed by atoms with van der Waals surface area (Å²) in [5.74, 6) is -0.125. The molecule has 0 saturated carbocycles. The molecule has 0 aliphatic carbocycles. The van der Waals surface area contributed by atoms with Gasteiger partial charge >= 0.3 is 0 Å². The second-order valence-electron chi connectivity index (χ2n) is 7.38. The number of hydrogen-bond acceptors (Lipinski definition) is 4. The van der Waals surface area contributed by atoms with Crippen LogP contribution in [-0.2, 0) is 11.2 Å². The molecule has 0 heterocycles. The van der Waals surface area contributed by atoms with Crippen LogP contribution < -0.4 is 10.6 Å². The van der Waals surface area contributed by atoms with Crippen molar-refractivity contribution < 1.29 is 15.0 Å². The molecule has 5 heteroatoms. The highest BCUT2D eigenvalue weighted by Crippen LogP contribution is 2.16. The van der Waals surface area contributed by atoms with E-state index in [9.17, 15) is 15.0 Å². The van der Waals surface area contributed by atoms with Gasteiger partial charge in [0.15, 0.2) is 0 Å². The SMILES string of the molecule is CC(C)CNC[C@@H](O)C[C@@H](Cc1ccccc1)C(=O)NC(C)(C)O. The zero-order valence-corrected chi connectivity index (χ0v) is 15.2. The topological polar surface area (TPSA) is 81.6 Å². The number of aliphatic hydroxyl groups is 2. The molecule has 1 aromatic rings. The van der Waals surface area contributed by atoms with Gasteiger partial charge in [0, 0.05) is 12.5 Å². The molecular formula is C19H32N2O3. The predicted molar refractivity (Wildman–Crippen MR) is 96.4 cm³/mol. The first-order chi connectivity index (χ1) is 11.2. The van der Waals surface area contributed by atoms with E-state index >= 15 is 0 Å². The van der Waals surface area contributed by atoms with Gasteiger partial charge in [-0.1, -0.05) is 44.2 Å². The lowest BCUT2D eigenvalue weighted by molar-refractivity contribution is -0.132. The maximum Gasteiger partial charge on any atom is 0.225 e. The van der Waals surface area contributed by atoms with Crippen molar-refractivity contribution in [1.82, 2.24) is 10.6 Å². The molecule has 1 rings (SSSR count). The Bertz CT molecular complexity index is 483. The molecule has 0 aliphatic heterocycles. The normalized spacial score (nSPS) is 14.5. The number of aliphatic hydroxyl groups excluding tert-OH is 1. The maximum absolute atomic E-state index is 12.5. The molecule has 1 aromatic carbocycles. The van der Waals surface area contributed by atoms with E-state index in [1.165, 1.54) is 13.8 Å². The van der Waals surface area contributed by atoms with E-state index in [1.54, 1.807) is 0 Å². The van der Waals surface area contributed by atoms with Crippen molar-refractivity contribution >= 4 is 5.91 Å². The number of hydrogen-bond donors (Lipinski definition) is 4. The van der Waals surface area contributed by atoms with E-state index in [1.807, 2.05) is 30.3 Å². The molecule has 1 amide bonds. The second kappa shape index (κ2) is 9.77.